The number of anilines is 1. The van der Waals surface area contributed by atoms with Crippen LogP contribution in [0.25, 0.3) is 0 Å². The number of carbonyl (C=O) groups is 3. The normalized spacial score (nSPS) is 14.9. The highest BCUT2D eigenvalue weighted by molar-refractivity contribution is 6.31. The van der Waals surface area contributed by atoms with Crippen molar-refractivity contribution in [1.29, 1.82) is 0 Å². The SMILES string of the molecule is CCc1ccc(NC(=O)OCC2(C(=O)NCc3ccccc3Cl)CCN(C(C)=O)CC2)cc1. The molecule has 0 radical (unpaired) electrons. The van der Waals surface area contributed by atoms with E-state index in [1.54, 1.807) is 11.0 Å². The fourth-order valence-corrected chi connectivity index (χ4v) is 4.08. The molecule has 2 aromatic rings. The molecule has 8 heteroatoms. The van der Waals surface area contributed by atoms with Crippen molar-refractivity contribution in [2.45, 2.75) is 39.7 Å². The summed E-state index contributed by atoms with van der Waals surface area (Å²) >= 11 is 6.21. The summed E-state index contributed by atoms with van der Waals surface area (Å²) in [6, 6.07) is 14.8. The van der Waals surface area contributed by atoms with Crippen molar-refractivity contribution >= 4 is 35.2 Å². The zero-order valence-electron chi connectivity index (χ0n) is 19.0. The second-order valence-electron chi connectivity index (χ2n) is 8.31. The van der Waals surface area contributed by atoms with E-state index >= 15 is 0 Å². The van der Waals surface area contributed by atoms with Crippen LogP contribution in [0.15, 0.2) is 48.5 Å². The number of piperidine rings is 1. The minimum absolute atomic E-state index is 0.0331. The summed E-state index contributed by atoms with van der Waals surface area (Å²) in [5.74, 6) is -0.250. The van der Waals surface area contributed by atoms with Gasteiger partial charge in [0.25, 0.3) is 0 Å². The summed E-state index contributed by atoms with van der Waals surface area (Å²) in [5, 5.41) is 6.22. The lowest BCUT2D eigenvalue weighted by Gasteiger charge is -2.39. The van der Waals surface area contributed by atoms with Crippen molar-refractivity contribution in [3.05, 3.63) is 64.7 Å². The minimum Gasteiger partial charge on any atom is -0.448 e. The van der Waals surface area contributed by atoms with Gasteiger partial charge in [-0.25, -0.2) is 4.79 Å². The topological polar surface area (TPSA) is 87.7 Å². The Bertz CT molecular complexity index is 985. The average Bonchev–Trinajstić information content (AvgIpc) is 2.82. The van der Waals surface area contributed by atoms with Gasteiger partial charge in [0.2, 0.25) is 11.8 Å². The number of nitrogens with zero attached hydrogens (tertiary/aromatic N) is 1. The molecule has 1 heterocycles. The first-order valence-corrected chi connectivity index (χ1v) is 11.5. The molecule has 0 bridgehead atoms. The van der Waals surface area contributed by atoms with Crippen molar-refractivity contribution in [2.75, 3.05) is 25.0 Å². The number of nitrogens with one attached hydrogen (secondary N) is 2. The van der Waals surface area contributed by atoms with Crippen molar-refractivity contribution in [2.24, 2.45) is 5.41 Å². The number of amides is 3. The Hall–Kier alpha value is -3.06. The third-order valence-electron chi connectivity index (χ3n) is 6.13. The first-order chi connectivity index (χ1) is 15.8. The molecule has 0 unspecified atom stereocenters. The van der Waals surface area contributed by atoms with Crippen LogP contribution < -0.4 is 10.6 Å². The van der Waals surface area contributed by atoms with E-state index in [1.807, 2.05) is 42.5 Å². The Balaban J connectivity index is 1.65. The fraction of sp³-hybridized carbons (Fsp3) is 0.400. The summed E-state index contributed by atoms with van der Waals surface area (Å²) in [5.41, 5.74) is 1.68. The maximum absolute atomic E-state index is 13.3. The molecule has 0 saturated carbocycles. The Morgan fingerprint density at radius 1 is 1.06 bits per heavy atom. The molecule has 1 fully saturated rings. The van der Waals surface area contributed by atoms with Gasteiger partial charge in [0.05, 0.1) is 5.41 Å². The lowest BCUT2D eigenvalue weighted by Crippen LogP contribution is -2.52. The molecule has 0 spiro atoms. The number of halogens is 1. The molecule has 176 valence electrons. The number of carbonyl (C=O) groups excluding carboxylic acids is 3. The summed E-state index contributed by atoms with van der Waals surface area (Å²) < 4.78 is 5.50. The molecule has 2 N–H and O–H groups in total. The first kappa shape index (κ1) is 24.6. The van der Waals surface area contributed by atoms with Crippen LogP contribution in [0.1, 0.15) is 37.8 Å². The predicted octanol–water partition coefficient (Wildman–Crippen LogP) is 4.40. The minimum atomic E-state index is -0.920. The molecular weight excluding hydrogens is 442 g/mol. The van der Waals surface area contributed by atoms with Gasteiger partial charge in [0.1, 0.15) is 6.61 Å². The van der Waals surface area contributed by atoms with E-state index < -0.39 is 11.5 Å². The highest BCUT2D eigenvalue weighted by Gasteiger charge is 2.43. The summed E-state index contributed by atoms with van der Waals surface area (Å²) in [7, 11) is 0. The van der Waals surface area contributed by atoms with E-state index in [4.69, 9.17) is 16.3 Å². The lowest BCUT2D eigenvalue weighted by molar-refractivity contribution is -0.142. The van der Waals surface area contributed by atoms with E-state index in [0.29, 0.717) is 36.6 Å². The van der Waals surface area contributed by atoms with E-state index in [1.165, 1.54) is 12.5 Å². The van der Waals surface area contributed by atoms with Gasteiger partial charge in [0, 0.05) is 37.3 Å². The molecule has 2 aromatic carbocycles. The summed E-state index contributed by atoms with van der Waals surface area (Å²) in [6.45, 7) is 4.62. The smallest absolute Gasteiger partial charge is 0.411 e. The molecule has 7 nitrogen and oxygen atoms in total. The van der Waals surface area contributed by atoms with Crippen LogP contribution in [0, 0.1) is 5.41 Å². The standard InChI is InChI=1S/C25H30ClN3O4/c1-3-19-8-10-21(11-9-19)28-24(32)33-17-25(12-14-29(15-13-25)18(2)30)23(31)27-16-20-6-4-5-7-22(20)26/h4-11H,3,12-17H2,1-2H3,(H,27,31)(H,28,32). The molecule has 0 aliphatic carbocycles. The number of ether oxygens (including phenoxy) is 1. The van der Waals surface area contributed by atoms with Gasteiger partial charge in [-0.2, -0.15) is 0 Å². The first-order valence-electron chi connectivity index (χ1n) is 11.1. The van der Waals surface area contributed by atoms with Gasteiger partial charge < -0.3 is 15.0 Å². The summed E-state index contributed by atoms with van der Waals surface area (Å²) in [4.78, 5) is 39.1. The molecule has 1 aliphatic heterocycles. The van der Waals surface area contributed by atoms with E-state index in [2.05, 4.69) is 17.6 Å². The van der Waals surface area contributed by atoms with Crippen molar-refractivity contribution in [3.63, 3.8) is 0 Å². The Morgan fingerprint density at radius 3 is 2.33 bits per heavy atom. The van der Waals surface area contributed by atoms with Crippen molar-refractivity contribution < 1.29 is 19.1 Å². The molecule has 1 aliphatic rings. The van der Waals surface area contributed by atoms with Crippen LogP contribution in [-0.2, 0) is 27.3 Å². The quantitative estimate of drug-likeness (QED) is 0.626. The number of aryl methyl sites for hydroxylation is 1. The Labute approximate surface area is 199 Å². The van der Waals surface area contributed by atoms with Gasteiger partial charge >= 0.3 is 6.09 Å². The maximum Gasteiger partial charge on any atom is 0.411 e. The van der Waals surface area contributed by atoms with Crippen LogP contribution in [0.5, 0.6) is 0 Å². The fourth-order valence-electron chi connectivity index (χ4n) is 3.87. The van der Waals surface area contributed by atoms with Crippen LogP contribution in [0.3, 0.4) is 0 Å². The third kappa shape index (κ3) is 6.48. The van der Waals surface area contributed by atoms with E-state index in [9.17, 15) is 14.4 Å². The number of rotatable bonds is 7. The zero-order chi connectivity index (χ0) is 23.8. The monoisotopic (exact) mass is 471 g/mol. The van der Waals surface area contributed by atoms with Crippen LogP contribution in [-0.4, -0.2) is 42.5 Å². The van der Waals surface area contributed by atoms with Gasteiger partial charge in [-0.3, -0.25) is 14.9 Å². The predicted molar refractivity (Wildman–Crippen MR) is 128 cm³/mol. The van der Waals surface area contributed by atoms with Gasteiger partial charge in [0.15, 0.2) is 0 Å². The largest absolute Gasteiger partial charge is 0.448 e. The number of benzene rings is 2. The molecule has 0 aromatic heterocycles. The molecule has 1 saturated heterocycles. The van der Waals surface area contributed by atoms with Crippen LogP contribution in [0.4, 0.5) is 10.5 Å². The molecule has 3 amide bonds. The maximum atomic E-state index is 13.3. The Kier molecular flexibility index (Phi) is 8.33. The highest BCUT2D eigenvalue weighted by atomic mass is 35.5. The number of hydrogen-bond donors (Lipinski definition) is 2. The molecule has 0 atom stereocenters. The van der Waals surface area contributed by atoms with Gasteiger partial charge in [-0.05, 0) is 48.6 Å². The highest BCUT2D eigenvalue weighted by Crippen LogP contribution is 2.33. The average molecular weight is 472 g/mol. The number of likely N-dealkylation sites (tertiary alicyclic amines) is 1. The summed E-state index contributed by atoms with van der Waals surface area (Å²) in [6.07, 6.45) is 1.10. The van der Waals surface area contributed by atoms with Crippen LogP contribution in [0.2, 0.25) is 5.02 Å². The van der Waals surface area contributed by atoms with Crippen LogP contribution >= 0.6 is 11.6 Å². The van der Waals surface area contributed by atoms with Crippen molar-refractivity contribution in [1.82, 2.24) is 10.2 Å². The third-order valence-corrected chi connectivity index (χ3v) is 6.50. The van der Waals surface area contributed by atoms with Gasteiger partial charge in [-0.15, -0.1) is 0 Å². The zero-order valence-corrected chi connectivity index (χ0v) is 19.8. The second kappa shape index (κ2) is 11.2. The van der Waals surface area contributed by atoms with Gasteiger partial charge in [-0.1, -0.05) is 48.9 Å². The molecular formula is C25H30ClN3O4. The van der Waals surface area contributed by atoms with Crippen molar-refractivity contribution in [3.8, 4) is 0 Å². The Morgan fingerprint density at radius 2 is 1.73 bits per heavy atom. The van der Waals surface area contributed by atoms with E-state index in [-0.39, 0.29) is 25.0 Å². The lowest BCUT2D eigenvalue weighted by atomic mass is 9.78. The second-order valence-corrected chi connectivity index (χ2v) is 8.72. The molecule has 33 heavy (non-hydrogen) atoms. The van der Waals surface area contributed by atoms with E-state index in [0.717, 1.165) is 12.0 Å². The number of hydrogen-bond acceptors (Lipinski definition) is 4. The molecule has 3 rings (SSSR count).